The molecule has 0 aromatic heterocycles. The maximum Gasteiger partial charge on any atom is 0.242 e. The molecule has 1 aromatic carbocycles. The molecule has 0 heterocycles. The number of carbonyl (C=O) groups excluding carboxylic acids is 1. The monoisotopic (exact) mass is 304 g/mol. The van der Waals surface area contributed by atoms with Gasteiger partial charge >= 0.3 is 0 Å². The number of hydrogen-bond donors (Lipinski definition) is 2. The van der Waals surface area contributed by atoms with Gasteiger partial charge in [-0.1, -0.05) is 31.4 Å². The normalized spacial score (nSPS) is 16.8. The van der Waals surface area contributed by atoms with Crippen LogP contribution in [-0.4, -0.2) is 25.1 Å². The van der Waals surface area contributed by atoms with Crippen LogP contribution < -0.4 is 15.4 Å². The Morgan fingerprint density at radius 2 is 2.00 bits per heavy atom. The van der Waals surface area contributed by atoms with E-state index in [9.17, 15) is 4.79 Å². The smallest absolute Gasteiger partial charge is 0.242 e. The first kappa shape index (κ1) is 16.7. The van der Waals surface area contributed by atoms with Crippen molar-refractivity contribution in [3.05, 3.63) is 24.3 Å². The molecule has 0 bridgehead atoms. The highest BCUT2D eigenvalue weighted by Gasteiger charge is 2.18. The van der Waals surface area contributed by atoms with E-state index in [2.05, 4.69) is 10.6 Å². The molecule has 1 aliphatic rings. The van der Waals surface area contributed by atoms with Crippen LogP contribution in [0, 0.1) is 5.92 Å². The second kappa shape index (κ2) is 8.66. The van der Waals surface area contributed by atoms with Gasteiger partial charge in [-0.25, -0.2) is 0 Å². The second-order valence-corrected chi connectivity index (χ2v) is 6.04. The van der Waals surface area contributed by atoms with Gasteiger partial charge in [-0.2, -0.15) is 0 Å². The number of amides is 1. The maximum absolute atomic E-state index is 12.2. The topological polar surface area (TPSA) is 50.4 Å². The number of rotatable bonds is 7. The number of carbonyl (C=O) groups is 1. The van der Waals surface area contributed by atoms with E-state index >= 15 is 0 Å². The lowest BCUT2D eigenvalue weighted by molar-refractivity contribution is -0.121. The minimum Gasteiger partial charge on any atom is -0.492 e. The molecule has 0 saturated heterocycles. The third-order valence-electron chi connectivity index (χ3n) is 4.24. The number of anilines is 1. The van der Waals surface area contributed by atoms with E-state index in [4.69, 9.17) is 4.74 Å². The van der Waals surface area contributed by atoms with E-state index < -0.39 is 0 Å². The molecule has 22 heavy (non-hydrogen) atoms. The van der Waals surface area contributed by atoms with Gasteiger partial charge in [0.15, 0.2) is 0 Å². The average Bonchev–Trinajstić information content (AvgIpc) is 2.55. The summed E-state index contributed by atoms with van der Waals surface area (Å²) in [4.78, 5) is 12.2. The first-order valence-corrected chi connectivity index (χ1v) is 8.46. The molecule has 1 aromatic rings. The number of ether oxygens (including phenoxy) is 1. The summed E-state index contributed by atoms with van der Waals surface area (Å²) >= 11 is 0. The van der Waals surface area contributed by atoms with E-state index in [1.165, 1.54) is 32.1 Å². The SMILES string of the molecule is CCOc1ccccc1N[C@@H](C)C(=O)NCC1CCCCC1. The van der Waals surface area contributed by atoms with Gasteiger partial charge in [0.25, 0.3) is 0 Å². The van der Waals surface area contributed by atoms with E-state index in [-0.39, 0.29) is 11.9 Å². The number of benzene rings is 1. The van der Waals surface area contributed by atoms with Gasteiger partial charge in [0, 0.05) is 6.54 Å². The highest BCUT2D eigenvalue weighted by atomic mass is 16.5. The Morgan fingerprint density at radius 1 is 1.27 bits per heavy atom. The van der Waals surface area contributed by atoms with Crippen LogP contribution in [0.1, 0.15) is 46.0 Å². The van der Waals surface area contributed by atoms with Gasteiger partial charge < -0.3 is 15.4 Å². The Hall–Kier alpha value is -1.71. The van der Waals surface area contributed by atoms with Crippen molar-refractivity contribution in [3.63, 3.8) is 0 Å². The number of nitrogens with one attached hydrogen (secondary N) is 2. The third kappa shape index (κ3) is 4.93. The van der Waals surface area contributed by atoms with Crippen LogP contribution in [0.15, 0.2) is 24.3 Å². The average molecular weight is 304 g/mol. The van der Waals surface area contributed by atoms with Crippen molar-refractivity contribution >= 4 is 11.6 Å². The molecule has 0 spiro atoms. The zero-order chi connectivity index (χ0) is 15.8. The van der Waals surface area contributed by atoms with Crippen molar-refractivity contribution in [3.8, 4) is 5.75 Å². The molecule has 0 radical (unpaired) electrons. The van der Waals surface area contributed by atoms with Gasteiger partial charge in [-0.3, -0.25) is 4.79 Å². The van der Waals surface area contributed by atoms with Crippen LogP contribution in [0.25, 0.3) is 0 Å². The van der Waals surface area contributed by atoms with E-state index in [1.54, 1.807) is 0 Å². The summed E-state index contributed by atoms with van der Waals surface area (Å²) in [5.74, 6) is 1.49. The minimum absolute atomic E-state index is 0.0527. The van der Waals surface area contributed by atoms with Crippen molar-refractivity contribution < 1.29 is 9.53 Å². The highest BCUT2D eigenvalue weighted by Crippen LogP contribution is 2.25. The Bertz CT molecular complexity index is 470. The van der Waals surface area contributed by atoms with Crippen LogP contribution in [0.3, 0.4) is 0 Å². The first-order chi connectivity index (χ1) is 10.7. The maximum atomic E-state index is 12.2. The van der Waals surface area contributed by atoms with Gasteiger partial charge in [0.05, 0.1) is 12.3 Å². The lowest BCUT2D eigenvalue weighted by atomic mass is 9.89. The molecule has 1 saturated carbocycles. The van der Waals surface area contributed by atoms with Crippen molar-refractivity contribution in [2.24, 2.45) is 5.92 Å². The van der Waals surface area contributed by atoms with E-state index in [0.29, 0.717) is 12.5 Å². The first-order valence-electron chi connectivity index (χ1n) is 8.46. The Morgan fingerprint density at radius 3 is 2.73 bits per heavy atom. The largest absolute Gasteiger partial charge is 0.492 e. The van der Waals surface area contributed by atoms with Crippen LogP contribution >= 0.6 is 0 Å². The Balaban J connectivity index is 1.83. The molecule has 2 N–H and O–H groups in total. The molecule has 1 atom stereocenters. The zero-order valence-corrected chi connectivity index (χ0v) is 13.7. The molecule has 4 heteroatoms. The highest BCUT2D eigenvalue weighted by molar-refractivity contribution is 5.84. The van der Waals surface area contributed by atoms with Crippen LogP contribution in [0.2, 0.25) is 0 Å². The molecular formula is C18H28N2O2. The molecule has 122 valence electrons. The lowest BCUT2D eigenvalue weighted by Crippen LogP contribution is -2.40. The van der Waals surface area contributed by atoms with Crippen LogP contribution in [0.4, 0.5) is 5.69 Å². The molecule has 4 nitrogen and oxygen atoms in total. The number of hydrogen-bond acceptors (Lipinski definition) is 3. The summed E-state index contributed by atoms with van der Waals surface area (Å²) in [6, 6.07) is 7.46. The molecule has 1 aliphatic carbocycles. The lowest BCUT2D eigenvalue weighted by Gasteiger charge is -2.23. The van der Waals surface area contributed by atoms with Gasteiger partial charge in [-0.15, -0.1) is 0 Å². The van der Waals surface area contributed by atoms with Crippen molar-refractivity contribution in [2.75, 3.05) is 18.5 Å². The minimum atomic E-state index is -0.273. The van der Waals surface area contributed by atoms with Gasteiger partial charge in [-0.05, 0) is 44.7 Å². The molecule has 2 rings (SSSR count). The number of para-hydroxylation sites is 2. The predicted octanol–water partition coefficient (Wildman–Crippen LogP) is 3.58. The standard InChI is InChI=1S/C18H28N2O2/c1-3-22-17-12-8-7-11-16(17)20-14(2)18(21)19-13-15-9-5-4-6-10-15/h7-8,11-12,14-15,20H,3-6,9-10,13H2,1-2H3,(H,19,21)/t14-/m0/s1. The fourth-order valence-electron chi connectivity index (χ4n) is 2.96. The molecule has 0 unspecified atom stereocenters. The quantitative estimate of drug-likeness (QED) is 0.809. The van der Waals surface area contributed by atoms with E-state index in [1.807, 2.05) is 38.1 Å². The van der Waals surface area contributed by atoms with E-state index in [0.717, 1.165) is 18.0 Å². The zero-order valence-electron chi connectivity index (χ0n) is 13.7. The predicted molar refractivity (Wildman–Crippen MR) is 90.3 cm³/mol. The van der Waals surface area contributed by atoms with Crippen molar-refractivity contribution in [1.82, 2.24) is 5.32 Å². The fraction of sp³-hybridized carbons (Fsp3) is 0.611. The summed E-state index contributed by atoms with van der Waals surface area (Å²) in [5.41, 5.74) is 0.865. The van der Waals surface area contributed by atoms with Gasteiger partial charge in [0.2, 0.25) is 5.91 Å². The fourth-order valence-corrected chi connectivity index (χ4v) is 2.96. The van der Waals surface area contributed by atoms with Crippen LogP contribution in [0.5, 0.6) is 5.75 Å². The van der Waals surface area contributed by atoms with Crippen LogP contribution in [-0.2, 0) is 4.79 Å². The Labute approximate surface area is 133 Å². The van der Waals surface area contributed by atoms with Crippen molar-refractivity contribution in [1.29, 1.82) is 0 Å². The van der Waals surface area contributed by atoms with Crippen molar-refractivity contribution in [2.45, 2.75) is 52.0 Å². The summed E-state index contributed by atoms with van der Waals surface area (Å²) in [5, 5.41) is 6.33. The Kier molecular flexibility index (Phi) is 6.56. The third-order valence-corrected chi connectivity index (χ3v) is 4.24. The summed E-state index contributed by atoms with van der Waals surface area (Å²) in [6.07, 6.45) is 6.44. The van der Waals surface area contributed by atoms with Gasteiger partial charge in [0.1, 0.15) is 11.8 Å². The molecule has 0 aliphatic heterocycles. The molecule has 1 fully saturated rings. The molecular weight excluding hydrogens is 276 g/mol. The molecule has 1 amide bonds. The summed E-state index contributed by atoms with van der Waals surface area (Å²) in [7, 11) is 0. The summed E-state index contributed by atoms with van der Waals surface area (Å²) < 4.78 is 5.58. The second-order valence-electron chi connectivity index (χ2n) is 6.04. The summed E-state index contributed by atoms with van der Waals surface area (Å²) in [6.45, 7) is 5.26.